The van der Waals surface area contributed by atoms with Gasteiger partial charge in [-0.3, -0.25) is 4.79 Å². The molecule has 140 valence electrons. The standard InChI is InChI=1S/C18H24N4O4/c1-3-12-16(17(19)22-18(20)21-12)25-11-7-10-24-13-8-5-6-9-14(13)26-15(23)4-2/h5-6,8-9H,3-4,7,10-11H2,1-2H3,(H4,19,20,21,22). The lowest BCUT2D eigenvalue weighted by molar-refractivity contribution is -0.134. The minimum Gasteiger partial charge on any atom is -0.490 e. The number of hydrogen-bond acceptors (Lipinski definition) is 8. The molecular weight excluding hydrogens is 336 g/mol. The van der Waals surface area contributed by atoms with Gasteiger partial charge in [-0.1, -0.05) is 26.0 Å². The second-order valence-electron chi connectivity index (χ2n) is 5.42. The molecular formula is C18H24N4O4. The van der Waals surface area contributed by atoms with Crippen molar-refractivity contribution in [3.8, 4) is 17.2 Å². The van der Waals surface area contributed by atoms with Gasteiger partial charge in [0.1, 0.15) is 0 Å². The van der Waals surface area contributed by atoms with E-state index in [1.54, 1.807) is 25.1 Å². The Balaban J connectivity index is 1.86. The Hall–Kier alpha value is -3.03. The van der Waals surface area contributed by atoms with Crippen LogP contribution in [0.5, 0.6) is 17.2 Å². The summed E-state index contributed by atoms with van der Waals surface area (Å²) in [5, 5.41) is 0. The number of rotatable bonds is 9. The number of nitrogen functional groups attached to an aromatic ring is 2. The summed E-state index contributed by atoms with van der Waals surface area (Å²) in [4.78, 5) is 19.5. The van der Waals surface area contributed by atoms with Crippen LogP contribution in [0.4, 0.5) is 11.8 Å². The van der Waals surface area contributed by atoms with Gasteiger partial charge in [0.15, 0.2) is 23.1 Å². The van der Waals surface area contributed by atoms with E-state index in [-0.39, 0.29) is 17.7 Å². The van der Waals surface area contributed by atoms with Crippen LogP contribution in [0, 0.1) is 0 Å². The quantitative estimate of drug-likeness (QED) is 0.397. The molecule has 1 aromatic carbocycles. The third-order valence-electron chi connectivity index (χ3n) is 3.47. The van der Waals surface area contributed by atoms with E-state index in [9.17, 15) is 4.79 Å². The lowest BCUT2D eigenvalue weighted by atomic mass is 10.3. The molecule has 0 spiro atoms. The summed E-state index contributed by atoms with van der Waals surface area (Å²) in [6, 6.07) is 7.04. The van der Waals surface area contributed by atoms with Gasteiger partial charge in [0.25, 0.3) is 0 Å². The van der Waals surface area contributed by atoms with Crippen LogP contribution in [0.2, 0.25) is 0 Å². The van der Waals surface area contributed by atoms with Crippen molar-refractivity contribution in [1.29, 1.82) is 0 Å². The highest BCUT2D eigenvalue weighted by molar-refractivity contribution is 5.72. The van der Waals surface area contributed by atoms with Gasteiger partial charge in [0.2, 0.25) is 5.95 Å². The summed E-state index contributed by atoms with van der Waals surface area (Å²) in [7, 11) is 0. The van der Waals surface area contributed by atoms with Crippen molar-refractivity contribution in [3.63, 3.8) is 0 Å². The molecule has 0 aliphatic carbocycles. The Morgan fingerprint density at radius 3 is 2.42 bits per heavy atom. The summed E-state index contributed by atoms with van der Waals surface area (Å²) in [5.41, 5.74) is 12.1. The number of nitrogens with two attached hydrogens (primary N) is 2. The highest BCUT2D eigenvalue weighted by Gasteiger charge is 2.12. The van der Waals surface area contributed by atoms with E-state index >= 15 is 0 Å². The second kappa shape index (κ2) is 9.45. The molecule has 0 amide bonds. The van der Waals surface area contributed by atoms with Gasteiger partial charge in [0.05, 0.1) is 18.9 Å². The number of carbonyl (C=O) groups is 1. The van der Waals surface area contributed by atoms with Crippen molar-refractivity contribution in [2.75, 3.05) is 24.7 Å². The van der Waals surface area contributed by atoms with E-state index < -0.39 is 0 Å². The molecule has 4 N–H and O–H groups in total. The first-order chi connectivity index (χ1) is 12.5. The number of para-hydroxylation sites is 2. The van der Waals surface area contributed by atoms with E-state index in [4.69, 9.17) is 25.7 Å². The van der Waals surface area contributed by atoms with Gasteiger partial charge in [-0.25, -0.2) is 4.98 Å². The molecule has 0 fully saturated rings. The monoisotopic (exact) mass is 360 g/mol. The molecule has 1 aromatic heterocycles. The first-order valence-electron chi connectivity index (χ1n) is 8.52. The Bertz CT molecular complexity index is 752. The zero-order valence-electron chi connectivity index (χ0n) is 15.0. The lowest BCUT2D eigenvalue weighted by Crippen LogP contribution is -2.11. The zero-order chi connectivity index (χ0) is 18.9. The van der Waals surface area contributed by atoms with Crippen molar-refractivity contribution >= 4 is 17.7 Å². The third kappa shape index (κ3) is 5.23. The van der Waals surface area contributed by atoms with Gasteiger partial charge < -0.3 is 25.7 Å². The molecule has 0 unspecified atom stereocenters. The van der Waals surface area contributed by atoms with Crippen molar-refractivity contribution in [2.24, 2.45) is 0 Å². The van der Waals surface area contributed by atoms with Crippen molar-refractivity contribution in [1.82, 2.24) is 9.97 Å². The molecule has 0 atom stereocenters. The fraction of sp³-hybridized carbons (Fsp3) is 0.389. The van der Waals surface area contributed by atoms with E-state index in [0.29, 0.717) is 55.4 Å². The smallest absolute Gasteiger partial charge is 0.311 e. The molecule has 8 nitrogen and oxygen atoms in total. The van der Waals surface area contributed by atoms with Crippen LogP contribution in [0.3, 0.4) is 0 Å². The van der Waals surface area contributed by atoms with Crippen LogP contribution >= 0.6 is 0 Å². The van der Waals surface area contributed by atoms with Crippen LogP contribution in [0.15, 0.2) is 24.3 Å². The molecule has 0 aliphatic rings. The van der Waals surface area contributed by atoms with E-state index in [1.165, 1.54) is 0 Å². The number of hydrogen-bond donors (Lipinski definition) is 2. The zero-order valence-corrected chi connectivity index (χ0v) is 15.0. The minimum atomic E-state index is -0.310. The summed E-state index contributed by atoms with van der Waals surface area (Å²) in [6.07, 6.45) is 1.54. The molecule has 1 heterocycles. The number of esters is 1. The van der Waals surface area contributed by atoms with Crippen LogP contribution in [-0.4, -0.2) is 29.2 Å². The lowest BCUT2D eigenvalue weighted by Gasteiger charge is -2.13. The maximum atomic E-state index is 11.5. The largest absolute Gasteiger partial charge is 0.490 e. The summed E-state index contributed by atoms with van der Waals surface area (Å²) < 4.78 is 16.6. The van der Waals surface area contributed by atoms with Crippen molar-refractivity contribution < 1.29 is 19.0 Å². The Morgan fingerprint density at radius 1 is 1.04 bits per heavy atom. The average Bonchev–Trinajstić information content (AvgIpc) is 2.63. The van der Waals surface area contributed by atoms with Crippen LogP contribution < -0.4 is 25.7 Å². The molecule has 2 rings (SSSR count). The maximum Gasteiger partial charge on any atom is 0.311 e. The maximum absolute atomic E-state index is 11.5. The third-order valence-corrected chi connectivity index (χ3v) is 3.47. The van der Waals surface area contributed by atoms with Gasteiger partial charge in [0, 0.05) is 12.8 Å². The van der Waals surface area contributed by atoms with Gasteiger partial charge >= 0.3 is 5.97 Å². The van der Waals surface area contributed by atoms with Gasteiger partial charge in [-0.05, 0) is 18.6 Å². The number of anilines is 2. The van der Waals surface area contributed by atoms with Crippen molar-refractivity contribution in [2.45, 2.75) is 33.1 Å². The second-order valence-corrected chi connectivity index (χ2v) is 5.42. The average molecular weight is 360 g/mol. The van der Waals surface area contributed by atoms with E-state index in [1.807, 2.05) is 13.0 Å². The van der Waals surface area contributed by atoms with Crippen LogP contribution in [-0.2, 0) is 11.2 Å². The van der Waals surface area contributed by atoms with E-state index in [2.05, 4.69) is 9.97 Å². The molecule has 0 aliphatic heterocycles. The SMILES string of the molecule is CCC(=O)Oc1ccccc1OCCCOc1c(N)nc(N)nc1CC. The number of aromatic nitrogens is 2. The number of nitrogens with zero attached hydrogens (tertiary/aromatic N) is 2. The molecule has 0 saturated heterocycles. The summed E-state index contributed by atoms with van der Waals surface area (Å²) in [5.74, 6) is 1.43. The van der Waals surface area contributed by atoms with Gasteiger partial charge in [-0.2, -0.15) is 4.98 Å². The topological polar surface area (TPSA) is 123 Å². The number of aryl methyl sites for hydroxylation is 1. The Labute approximate surface area is 152 Å². The highest BCUT2D eigenvalue weighted by Crippen LogP contribution is 2.27. The normalized spacial score (nSPS) is 10.4. The fourth-order valence-electron chi connectivity index (χ4n) is 2.20. The van der Waals surface area contributed by atoms with Crippen molar-refractivity contribution in [3.05, 3.63) is 30.0 Å². The molecule has 0 saturated carbocycles. The molecule has 26 heavy (non-hydrogen) atoms. The Morgan fingerprint density at radius 2 is 1.73 bits per heavy atom. The predicted octanol–water partition coefficient (Wildman–Crippen LogP) is 2.37. The molecule has 2 aromatic rings. The molecule has 0 bridgehead atoms. The predicted molar refractivity (Wildman–Crippen MR) is 98.2 cm³/mol. The fourth-order valence-corrected chi connectivity index (χ4v) is 2.20. The number of carbonyl (C=O) groups excluding carboxylic acids is 1. The number of benzene rings is 1. The first-order valence-corrected chi connectivity index (χ1v) is 8.52. The summed E-state index contributed by atoms with van der Waals surface area (Å²) >= 11 is 0. The Kier molecular flexibility index (Phi) is 7.02. The van der Waals surface area contributed by atoms with E-state index in [0.717, 1.165) is 0 Å². The van der Waals surface area contributed by atoms with Crippen LogP contribution in [0.25, 0.3) is 0 Å². The highest BCUT2D eigenvalue weighted by atomic mass is 16.6. The van der Waals surface area contributed by atoms with Crippen LogP contribution in [0.1, 0.15) is 32.4 Å². The first kappa shape index (κ1) is 19.3. The minimum absolute atomic E-state index is 0.133. The number of ether oxygens (including phenoxy) is 3. The summed E-state index contributed by atoms with van der Waals surface area (Å²) in [6.45, 7) is 4.44. The molecule has 8 heteroatoms. The molecule has 0 radical (unpaired) electrons. The van der Waals surface area contributed by atoms with Gasteiger partial charge in [-0.15, -0.1) is 0 Å².